The van der Waals surface area contributed by atoms with Crippen molar-refractivity contribution in [1.82, 2.24) is 9.62 Å². The maximum Gasteiger partial charge on any atom is 0.325 e. The number of esters is 1. The fourth-order valence-corrected chi connectivity index (χ4v) is 4.42. The van der Waals surface area contributed by atoms with Gasteiger partial charge in [0.25, 0.3) is 5.91 Å². The van der Waals surface area contributed by atoms with Crippen LogP contribution >= 0.6 is 0 Å². The van der Waals surface area contributed by atoms with Gasteiger partial charge in [-0.2, -0.15) is 4.31 Å². The predicted octanol–water partition coefficient (Wildman–Crippen LogP) is -0.280. The van der Waals surface area contributed by atoms with E-state index in [4.69, 9.17) is 11.2 Å². The number of hydrogen-bond donors (Lipinski definition) is 2. The molecule has 0 unspecified atom stereocenters. The number of ether oxygens (including phenoxy) is 1. The Hall–Kier alpha value is -2.41. The Bertz CT molecular complexity index is 874. The Morgan fingerprint density at radius 2 is 2.07 bits per heavy atom. The van der Waals surface area contributed by atoms with Gasteiger partial charge >= 0.3 is 5.97 Å². The third-order valence-corrected chi connectivity index (χ3v) is 6.19. The standard InChI is InChI=1S/C18H22N2O6S/c1-4-7-19-17(22)11-26-18(23)16-9-14(21)10-20(16)27(24,25)15-6-5-12(2)13(3)8-15/h1,5-6,8,14,16,21H,7,9-11H2,2-3H3,(H,19,22)/t14-,16-/m0/s1. The van der Waals surface area contributed by atoms with E-state index in [0.717, 1.165) is 15.4 Å². The maximum atomic E-state index is 12.9. The SMILES string of the molecule is C#CCNC(=O)COC(=O)[C@@H]1C[C@H](O)CN1S(=O)(=O)c1ccc(C)c(C)c1. The van der Waals surface area contributed by atoms with Crippen molar-refractivity contribution in [3.63, 3.8) is 0 Å². The average Bonchev–Trinajstić information content (AvgIpc) is 3.02. The Labute approximate surface area is 158 Å². The molecule has 146 valence electrons. The molecule has 27 heavy (non-hydrogen) atoms. The highest BCUT2D eigenvalue weighted by Gasteiger charge is 2.44. The summed E-state index contributed by atoms with van der Waals surface area (Å²) in [5.74, 6) is 0.720. The summed E-state index contributed by atoms with van der Waals surface area (Å²) in [6, 6.07) is 3.45. The number of aryl methyl sites for hydroxylation is 2. The van der Waals surface area contributed by atoms with Gasteiger partial charge < -0.3 is 15.2 Å². The number of benzene rings is 1. The van der Waals surface area contributed by atoms with Gasteiger partial charge in [0.05, 0.1) is 17.5 Å². The Morgan fingerprint density at radius 1 is 1.37 bits per heavy atom. The lowest BCUT2D eigenvalue weighted by atomic mass is 10.1. The molecule has 2 atom stereocenters. The number of aliphatic hydroxyl groups is 1. The van der Waals surface area contributed by atoms with Gasteiger partial charge in [0, 0.05) is 13.0 Å². The minimum atomic E-state index is -4.01. The summed E-state index contributed by atoms with van der Waals surface area (Å²) in [5, 5.41) is 12.2. The van der Waals surface area contributed by atoms with Gasteiger partial charge in [-0.1, -0.05) is 12.0 Å². The minimum Gasteiger partial charge on any atom is -0.454 e. The summed E-state index contributed by atoms with van der Waals surface area (Å²) in [6.45, 7) is 2.83. The van der Waals surface area contributed by atoms with E-state index >= 15 is 0 Å². The quantitative estimate of drug-likeness (QED) is 0.507. The van der Waals surface area contributed by atoms with E-state index in [2.05, 4.69) is 11.2 Å². The van der Waals surface area contributed by atoms with E-state index in [-0.39, 0.29) is 24.4 Å². The molecular formula is C18H22N2O6S. The van der Waals surface area contributed by atoms with Crippen molar-refractivity contribution in [3.05, 3.63) is 29.3 Å². The smallest absolute Gasteiger partial charge is 0.325 e. The second-order valence-corrected chi connectivity index (χ2v) is 8.21. The van der Waals surface area contributed by atoms with Crippen molar-refractivity contribution < 1.29 is 27.9 Å². The van der Waals surface area contributed by atoms with Crippen LogP contribution in [0, 0.1) is 26.2 Å². The number of amides is 1. The molecule has 1 heterocycles. The normalized spacial score (nSPS) is 20.1. The summed E-state index contributed by atoms with van der Waals surface area (Å²) in [6.07, 6.45) is 3.91. The molecule has 0 spiro atoms. The van der Waals surface area contributed by atoms with Crippen LogP contribution < -0.4 is 5.32 Å². The van der Waals surface area contributed by atoms with Crippen LogP contribution in [0.5, 0.6) is 0 Å². The lowest BCUT2D eigenvalue weighted by molar-refractivity contribution is -0.151. The van der Waals surface area contributed by atoms with Gasteiger partial charge in [-0.15, -0.1) is 6.42 Å². The van der Waals surface area contributed by atoms with Crippen LogP contribution in [0.2, 0.25) is 0 Å². The molecule has 0 bridgehead atoms. The van der Waals surface area contributed by atoms with Gasteiger partial charge in [0.15, 0.2) is 6.61 Å². The van der Waals surface area contributed by atoms with Gasteiger partial charge in [0.1, 0.15) is 6.04 Å². The molecule has 1 aromatic rings. The van der Waals surface area contributed by atoms with E-state index in [1.807, 2.05) is 6.92 Å². The van der Waals surface area contributed by atoms with Gasteiger partial charge in [-0.25, -0.2) is 8.42 Å². The molecule has 0 aromatic heterocycles. The zero-order valence-electron chi connectivity index (χ0n) is 15.1. The van der Waals surface area contributed by atoms with E-state index < -0.39 is 40.7 Å². The van der Waals surface area contributed by atoms with Crippen LogP contribution in [0.4, 0.5) is 0 Å². The molecule has 9 heteroatoms. The van der Waals surface area contributed by atoms with Gasteiger partial charge in [0.2, 0.25) is 10.0 Å². The number of nitrogens with zero attached hydrogens (tertiary/aromatic N) is 1. The van der Waals surface area contributed by atoms with Gasteiger partial charge in [-0.05, 0) is 37.1 Å². The Balaban J connectivity index is 2.17. The van der Waals surface area contributed by atoms with Crippen molar-refractivity contribution in [2.75, 3.05) is 19.7 Å². The highest BCUT2D eigenvalue weighted by atomic mass is 32.2. The molecule has 1 aliphatic rings. The van der Waals surface area contributed by atoms with Crippen molar-refractivity contribution in [2.24, 2.45) is 0 Å². The Kier molecular flexibility index (Phi) is 6.59. The summed E-state index contributed by atoms with van der Waals surface area (Å²) in [7, 11) is -4.01. The third kappa shape index (κ3) is 4.86. The molecule has 0 radical (unpaired) electrons. The molecule has 0 saturated carbocycles. The van der Waals surface area contributed by atoms with Crippen LogP contribution in [0.1, 0.15) is 17.5 Å². The first-order valence-corrected chi connectivity index (χ1v) is 9.74. The molecule has 8 nitrogen and oxygen atoms in total. The van der Waals surface area contributed by atoms with Crippen molar-refractivity contribution in [3.8, 4) is 12.3 Å². The number of carbonyl (C=O) groups is 2. The second kappa shape index (κ2) is 8.52. The van der Waals surface area contributed by atoms with Crippen LogP contribution in [0.25, 0.3) is 0 Å². The first-order chi connectivity index (χ1) is 12.7. The number of aliphatic hydroxyl groups excluding tert-OH is 1. The highest BCUT2D eigenvalue weighted by Crippen LogP contribution is 2.28. The van der Waals surface area contributed by atoms with Crippen LogP contribution in [-0.4, -0.2) is 61.5 Å². The monoisotopic (exact) mass is 394 g/mol. The number of hydrogen-bond acceptors (Lipinski definition) is 6. The molecule has 2 rings (SSSR count). The van der Waals surface area contributed by atoms with E-state index in [1.54, 1.807) is 13.0 Å². The fraction of sp³-hybridized carbons (Fsp3) is 0.444. The molecule has 0 aliphatic carbocycles. The van der Waals surface area contributed by atoms with E-state index in [9.17, 15) is 23.1 Å². The lowest BCUT2D eigenvalue weighted by Crippen LogP contribution is -2.42. The zero-order chi connectivity index (χ0) is 20.2. The van der Waals surface area contributed by atoms with E-state index in [1.165, 1.54) is 12.1 Å². The summed E-state index contributed by atoms with van der Waals surface area (Å²) in [4.78, 5) is 23.8. The Morgan fingerprint density at radius 3 is 2.70 bits per heavy atom. The molecule has 1 amide bonds. The van der Waals surface area contributed by atoms with Crippen LogP contribution in [-0.2, 0) is 24.3 Å². The summed E-state index contributed by atoms with van der Waals surface area (Å²) in [5.41, 5.74) is 1.73. The number of nitrogens with one attached hydrogen (secondary N) is 1. The molecular weight excluding hydrogens is 372 g/mol. The molecule has 2 N–H and O–H groups in total. The topological polar surface area (TPSA) is 113 Å². The van der Waals surface area contributed by atoms with Gasteiger partial charge in [-0.3, -0.25) is 9.59 Å². The molecule has 1 aromatic carbocycles. The third-order valence-electron chi connectivity index (χ3n) is 4.32. The first-order valence-electron chi connectivity index (χ1n) is 8.30. The second-order valence-electron chi connectivity index (χ2n) is 6.31. The fourth-order valence-electron chi connectivity index (χ4n) is 2.71. The molecule has 1 fully saturated rings. The number of terminal acetylenes is 1. The average molecular weight is 394 g/mol. The highest BCUT2D eigenvalue weighted by molar-refractivity contribution is 7.89. The largest absolute Gasteiger partial charge is 0.454 e. The van der Waals surface area contributed by atoms with Crippen molar-refractivity contribution >= 4 is 21.9 Å². The number of rotatable bonds is 6. The molecule has 1 aliphatic heterocycles. The summed E-state index contributed by atoms with van der Waals surface area (Å²) >= 11 is 0. The summed E-state index contributed by atoms with van der Waals surface area (Å²) < 4.78 is 31.7. The van der Waals surface area contributed by atoms with Crippen LogP contribution in [0.3, 0.4) is 0 Å². The van der Waals surface area contributed by atoms with Crippen molar-refractivity contribution in [1.29, 1.82) is 0 Å². The van der Waals surface area contributed by atoms with Crippen LogP contribution in [0.15, 0.2) is 23.1 Å². The van der Waals surface area contributed by atoms with Crippen molar-refractivity contribution in [2.45, 2.75) is 37.3 Å². The molecule has 1 saturated heterocycles. The minimum absolute atomic E-state index is 0.00813. The maximum absolute atomic E-state index is 12.9. The van der Waals surface area contributed by atoms with E-state index in [0.29, 0.717) is 0 Å². The number of β-amino-alcohol motifs (C(OH)–C–C–N with tert-alkyl or cyclic N) is 1. The number of sulfonamides is 1. The zero-order valence-corrected chi connectivity index (χ0v) is 16.0. The first kappa shape index (κ1) is 20.9. The predicted molar refractivity (Wildman–Crippen MR) is 97.0 cm³/mol. The number of carbonyl (C=O) groups excluding carboxylic acids is 2. The lowest BCUT2D eigenvalue weighted by Gasteiger charge is -2.22.